The zero-order chi connectivity index (χ0) is 31.2. The van der Waals surface area contributed by atoms with E-state index in [1.807, 2.05) is 0 Å². The molecular formula is C14H5Cl23O. The van der Waals surface area contributed by atoms with Crippen LogP contribution in [0.2, 0.25) is 0 Å². The Kier molecular flexibility index (Phi) is 14.4. The lowest BCUT2D eigenvalue weighted by atomic mass is 9.95. The Morgan fingerprint density at radius 1 is 0.395 bits per heavy atom. The third-order valence-corrected chi connectivity index (χ3v) is 19.9. The maximum Gasteiger partial charge on any atom is 0.216 e. The molecule has 0 amide bonds. The Morgan fingerprint density at radius 3 is 0.868 bits per heavy atom. The van der Waals surface area contributed by atoms with Crippen molar-refractivity contribution in [2.75, 3.05) is 6.61 Å². The minimum Gasteiger partial charge on any atom is -0.373 e. The van der Waals surface area contributed by atoms with Gasteiger partial charge in [0.1, 0.15) is 0 Å². The second-order valence-electron chi connectivity index (χ2n) is 7.54. The summed E-state index contributed by atoms with van der Waals surface area (Å²) >= 11 is 145. The molecule has 1 aliphatic heterocycles. The lowest BCUT2D eigenvalue weighted by molar-refractivity contribution is 0.365. The van der Waals surface area contributed by atoms with E-state index in [4.69, 9.17) is 272 Å². The molecular weight excluding hydrogens is 1000 g/mol. The fourth-order valence-electron chi connectivity index (χ4n) is 2.55. The van der Waals surface area contributed by atoms with Crippen LogP contribution in [-0.2, 0) is 4.74 Å². The monoisotopic (exact) mass is 993 g/mol. The van der Waals surface area contributed by atoms with Gasteiger partial charge in [-0.1, -0.05) is 255 Å². The summed E-state index contributed by atoms with van der Waals surface area (Å²) in [6, 6.07) is 0. The largest absolute Gasteiger partial charge is 0.373 e. The Morgan fingerprint density at radius 2 is 0.632 bits per heavy atom. The molecule has 0 saturated carbocycles. The highest BCUT2D eigenvalue weighted by atomic mass is 35.6. The maximum atomic E-state index is 6.46. The Labute approximate surface area is 333 Å². The second-order valence-corrected chi connectivity index (χ2v) is 23.4. The summed E-state index contributed by atoms with van der Waals surface area (Å²) in [5.74, 6) is 0. The molecule has 0 aromatic rings. The summed E-state index contributed by atoms with van der Waals surface area (Å²) in [5, 5.41) is 0. The van der Waals surface area contributed by atoms with Crippen molar-refractivity contribution in [2.24, 2.45) is 0 Å². The van der Waals surface area contributed by atoms with Crippen molar-refractivity contribution < 1.29 is 4.74 Å². The fourth-order valence-corrected chi connectivity index (χ4v) is 11.5. The molecule has 1 unspecified atom stereocenters. The maximum absolute atomic E-state index is 6.46. The van der Waals surface area contributed by atoms with Gasteiger partial charge in [-0.3, -0.25) is 0 Å². The molecule has 1 atom stereocenters. The van der Waals surface area contributed by atoms with Gasteiger partial charge in [0.05, 0.1) is 12.7 Å². The van der Waals surface area contributed by atoms with Gasteiger partial charge in [0.25, 0.3) is 0 Å². The molecule has 0 aromatic heterocycles. The topological polar surface area (TPSA) is 12.5 Å². The Hall–Kier alpha value is 6.63. The Balaban J connectivity index is 3.83. The van der Waals surface area contributed by atoms with Crippen LogP contribution in [-0.4, -0.2) is 59.8 Å². The van der Waals surface area contributed by atoms with Gasteiger partial charge in [-0.15, -0.1) is 11.6 Å². The predicted molar refractivity (Wildman–Crippen MR) is 179 cm³/mol. The summed E-state index contributed by atoms with van der Waals surface area (Å²) in [6.07, 6.45) is -0.712. The van der Waals surface area contributed by atoms with E-state index in [2.05, 4.69) is 0 Å². The molecule has 1 heterocycles. The normalized spacial score (nSPS) is 20.1. The van der Waals surface area contributed by atoms with Crippen LogP contribution >= 0.6 is 267 Å². The smallest absolute Gasteiger partial charge is 0.216 e. The van der Waals surface area contributed by atoms with Crippen molar-refractivity contribution >= 4 is 267 Å². The molecule has 24 heteroatoms. The minimum absolute atomic E-state index is 0.235. The predicted octanol–water partition coefficient (Wildman–Crippen LogP) is 13.9. The van der Waals surface area contributed by atoms with Crippen molar-refractivity contribution in [1.82, 2.24) is 0 Å². The van der Waals surface area contributed by atoms with Crippen LogP contribution in [0.4, 0.5) is 0 Å². The average Bonchev–Trinajstić information content (AvgIpc) is 3.47. The summed E-state index contributed by atoms with van der Waals surface area (Å²) in [6.45, 7) is 0.262. The standard InChI is InChI=1S/C14H5Cl23O/c15-4(16,1-3-2-38-3)6(18,19)8(22,23)10(26,27)12(30,31)11(28,29)9(24,25)7(20,21)5(17,13(32,33)34)14(35,36)37/h3H,1-2H2. The quantitative estimate of drug-likeness (QED) is 0.157. The van der Waals surface area contributed by atoms with Crippen molar-refractivity contribution in [3.8, 4) is 0 Å². The molecule has 1 fully saturated rings. The molecule has 228 valence electrons. The van der Waals surface area contributed by atoms with E-state index in [1.54, 1.807) is 0 Å². The number of hydrogen-bond acceptors (Lipinski definition) is 1. The fraction of sp³-hybridized carbons (Fsp3) is 1.00. The number of hydrogen-bond donors (Lipinski definition) is 0. The summed E-state index contributed by atoms with van der Waals surface area (Å²) in [4.78, 5) is -3.11. The summed E-state index contributed by atoms with van der Waals surface area (Å²) in [7, 11) is 0. The molecule has 0 aliphatic carbocycles. The van der Waals surface area contributed by atoms with Crippen LogP contribution in [0.15, 0.2) is 0 Å². The van der Waals surface area contributed by atoms with Gasteiger partial charge in [-0.05, 0) is 0 Å². The van der Waals surface area contributed by atoms with E-state index in [0.717, 1.165) is 0 Å². The van der Waals surface area contributed by atoms with Crippen LogP contribution in [0.5, 0.6) is 0 Å². The highest BCUT2D eigenvalue weighted by molar-refractivity contribution is 6.84. The summed E-state index contributed by atoms with van der Waals surface area (Å²) in [5.41, 5.74) is 0. The molecule has 1 saturated heterocycles. The van der Waals surface area contributed by atoms with Crippen molar-refractivity contribution in [1.29, 1.82) is 0 Å². The molecule has 0 aromatic carbocycles. The molecule has 1 nitrogen and oxygen atoms in total. The van der Waals surface area contributed by atoms with Crippen LogP contribution in [0.1, 0.15) is 6.42 Å². The molecule has 38 heavy (non-hydrogen) atoms. The van der Waals surface area contributed by atoms with Crippen molar-refractivity contribution in [3.63, 3.8) is 0 Å². The van der Waals surface area contributed by atoms with Crippen LogP contribution < -0.4 is 0 Å². The molecule has 0 N–H and O–H groups in total. The van der Waals surface area contributed by atoms with E-state index < -0.39 is 53.2 Å². The van der Waals surface area contributed by atoms with Gasteiger partial charge >= 0.3 is 0 Å². The average molecular weight is 1000 g/mol. The van der Waals surface area contributed by atoms with Crippen molar-refractivity contribution in [3.05, 3.63) is 0 Å². The summed E-state index contributed by atoms with van der Waals surface area (Å²) < 4.78 is -25.0. The number of rotatable bonds is 10. The lowest BCUT2D eigenvalue weighted by Crippen LogP contribution is -2.75. The highest BCUT2D eigenvalue weighted by Crippen LogP contribution is 2.76. The lowest BCUT2D eigenvalue weighted by Gasteiger charge is -2.57. The van der Waals surface area contributed by atoms with E-state index in [-0.39, 0.29) is 13.0 Å². The van der Waals surface area contributed by atoms with E-state index in [1.165, 1.54) is 0 Å². The first-order valence-electron chi connectivity index (χ1n) is 8.54. The van der Waals surface area contributed by atoms with Crippen LogP contribution in [0, 0.1) is 0 Å². The van der Waals surface area contributed by atoms with Gasteiger partial charge in [0, 0.05) is 6.42 Å². The SMILES string of the molecule is ClC(Cl)(Cl)C(Cl)(C(Cl)(Cl)Cl)C(Cl)(Cl)C(Cl)(Cl)C(Cl)(Cl)C(Cl)(Cl)C(Cl)(Cl)C(Cl)(Cl)C(Cl)(Cl)C(Cl)(Cl)CC1CO1. The zero-order valence-electron chi connectivity index (χ0n) is 16.6. The van der Waals surface area contributed by atoms with Gasteiger partial charge in [0.15, 0.2) is 39.5 Å². The Bertz CT molecular complexity index is 860. The number of alkyl halides is 23. The van der Waals surface area contributed by atoms with Gasteiger partial charge in [-0.25, -0.2) is 0 Å². The van der Waals surface area contributed by atoms with E-state index in [0.29, 0.717) is 0 Å². The third kappa shape index (κ3) is 6.75. The van der Waals surface area contributed by atoms with Crippen LogP contribution in [0.3, 0.4) is 0 Å². The number of ether oxygens (including phenoxy) is 1. The van der Waals surface area contributed by atoms with Crippen molar-refractivity contribution in [2.45, 2.75) is 59.7 Å². The molecule has 0 radical (unpaired) electrons. The van der Waals surface area contributed by atoms with Crippen LogP contribution in [0.25, 0.3) is 0 Å². The third-order valence-electron chi connectivity index (χ3n) is 4.93. The van der Waals surface area contributed by atoms with E-state index in [9.17, 15) is 0 Å². The minimum atomic E-state index is -3.30. The first-order chi connectivity index (χ1) is 16.1. The first kappa shape index (κ1) is 42.7. The van der Waals surface area contributed by atoms with Gasteiger partial charge in [-0.2, -0.15) is 0 Å². The zero-order valence-corrected chi connectivity index (χ0v) is 34.0. The van der Waals surface area contributed by atoms with Gasteiger partial charge in [0.2, 0.25) is 7.59 Å². The molecule has 0 spiro atoms. The second kappa shape index (κ2) is 12.8. The van der Waals surface area contributed by atoms with E-state index >= 15 is 0 Å². The molecule has 1 rings (SSSR count). The molecule has 0 bridgehead atoms. The number of halogens is 23. The number of epoxide rings is 1. The molecule has 1 aliphatic rings. The highest BCUT2D eigenvalue weighted by Gasteiger charge is 2.85. The first-order valence-corrected chi connectivity index (χ1v) is 17.2. The van der Waals surface area contributed by atoms with Gasteiger partial charge < -0.3 is 4.74 Å².